The van der Waals surface area contributed by atoms with E-state index in [1.54, 1.807) is 11.3 Å². The molecule has 0 amide bonds. The number of benzene rings is 1. The second kappa shape index (κ2) is 6.79. The molecule has 0 bridgehead atoms. The van der Waals surface area contributed by atoms with Crippen molar-refractivity contribution < 1.29 is 0 Å². The summed E-state index contributed by atoms with van der Waals surface area (Å²) >= 11 is 1.68. The van der Waals surface area contributed by atoms with E-state index in [1.165, 1.54) is 17.5 Å². The predicted octanol–water partition coefficient (Wildman–Crippen LogP) is 6.07. The Bertz CT molecular complexity index is 789. The number of aromatic nitrogens is 2. The third-order valence-electron chi connectivity index (χ3n) is 4.86. The van der Waals surface area contributed by atoms with Crippen molar-refractivity contribution in [1.82, 2.24) is 9.97 Å². The van der Waals surface area contributed by atoms with Crippen molar-refractivity contribution in [3.63, 3.8) is 0 Å². The van der Waals surface area contributed by atoms with Crippen LogP contribution in [0.4, 0.5) is 0 Å². The molecule has 1 aromatic carbocycles. The Morgan fingerprint density at radius 3 is 2.35 bits per heavy atom. The molecule has 0 saturated carbocycles. The molecular formula is C20H24N2S. The van der Waals surface area contributed by atoms with Crippen LogP contribution in [-0.4, -0.2) is 9.97 Å². The molecule has 0 N–H and O–H groups in total. The number of rotatable bonds is 5. The Labute approximate surface area is 142 Å². The van der Waals surface area contributed by atoms with Crippen LogP contribution in [0.25, 0.3) is 20.9 Å². The van der Waals surface area contributed by atoms with Gasteiger partial charge in [-0.1, -0.05) is 69.7 Å². The summed E-state index contributed by atoms with van der Waals surface area (Å²) < 4.78 is 0. The highest BCUT2D eigenvalue weighted by molar-refractivity contribution is 7.21. The lowest BCUT2D eigenvalue weighted by molar-refractivity contribution is 0.473. The molecule has 3 heteroatoms. The summed E-state index contributed by atoms with van der Waals surface area (Å²) in [5, 5.41) is 1.06. The number of pyridine rings is 1. The van der Waals surface area contributed by atoms with Gasteiger partial charge in [0.1, 0.15) is 15.4 Å². The molecule has 0 aliphatic heterocycles. The number of fused-ring (bicyclic) bond motifs is 1. The van der Waals surface area contributed by atoms with E-state index in [-0.39, 0.29) is 0 Å². The Balaban J connectivity index is 1.90. The van der Waals surface area contributed by atoms with Gasteiger partial charge in [0.15, 0.2) is 0 Å². The molecule has 0 radical (unpaired) electrons. The second-order valence-corrected chi connectivity index (χ2v) is 7.27. The maximum Gasteiger partial charge on any atom is 0.144 e. The molecule has 2 nitrogen and oxygen atoms in total. The lowest BCUT2D eigenvalue weighted by Gasteiger charge is -2.18. The molecular weight excluding hydrogens is 300 g/mol. The van der Waals surface area contributed by atoms with Gasteiger partial charge < -0.3 is 0 Å². The van der Waals surface area contributed by atoms with E-state index in [0.29, 0.717) is 11.8 Å². The van der Waals surface area contributed by atoms with Crippen molar-refractivity contribution in [2.45, 2.75) is 46.5 Å². The summed E-state index contributed by atoms with van der Waals surface area (Å²) in [6.45, 7) is 9.03. The molecule has 3 aromatic rings. The van der Waals surface area contributed by atoms with E-state index in [0.717, 1.165) is 27.5 Å². The first-order valence-corrected chi connectivity index (χ1v) is 9.30. The fourth-order valence-corrected chi connectivity index (χ4v) is 3.75. The normalized spacial score (nSPS) is 14.1. The van der Waals surface area contributed by atoms with Gasteiger partial charge in [0.2, 0.25) is 0 Å². The molecule has 2 atom stereocenters. The van der Waals surface area contributed by atoms with Gasteiger partial charge in [-0.2, -0.15) is 0 Å². The molecule has 2 heterocycles. The molecule has 23 heavy (non-hydrogen) atoms. The summed E-state index contributed by atoms with van der Waals surface area (Å²) in [5.74, 6) is 1.30. The quantitative estimate of drug-likeness (QED) is 0.569. The monoisotopic (exact) mass is 324 g/mol. The van der Waals surface area contributed by atoms with Gasteiger partial charge in [-0.25, -0.2) is 9.97 Å². The summed E-state index contributed by atoms with van der Waals surface area (Å²) in [6, 6.07) is 13.1. The molecule has 0 spiro atoms. The van der Waals surface area contributed by atoms with Gasteiger partial charge in [-0.3, -0.25) is 0 Å². The van der Waals surface area contributed by atoms with Gasteiger partial charge in [0.25, 0.3) is 0 Å². The third-order valence-corrected chi connectivity index (χ3v) is 5.87. The van der Waals surface area contributed by atoms with Crippen LogP contribution in [0.2, 0.25) is 0 Å². The van der Waals surface area contributed by atoms with E-state index < -0.39 is 0 Å². The summed E-state index contributed by atoms with van der Waals surface area (Å²) in [7, 11) is 0. The number of nitrogens with zero attached hydrogens (tertiary/aromatic N) is 2. The Morgan fingerprint density at radius 1 is 0.957 bits per heavy atom. The molecule has 0 aliphatic carbocycles. The van der Waals surface area contributed by atoms with Gasteiger partial charge in [-0.05, 0) is 36.0 Å². The van der Waals surface area contributed by atoms with Gasteiger partial charge in [0.05, 0.1) is 0 Å². The van der Waals surface area contributed by atoms with Crippen LogP contribution >= 0.6 is 11.3 Å². The molecule has 0 saturated heterocycles. The molecule has 3 rings (SSSR count). The van der Waals surface area contributed by atoms with Gasteiger partial charge >= 0.3 is 0 Å². The minimum atomic E-state index is 0.596. The Hall–Kier alpha value is -1.74. The fourth-order valence-electron chi connectivity index (χ4n) is 2.79. The van der Waals surface area contributed by atoms with Crippen molar-refractivity contribution >= 4 is 21.7 Å². The minimum Gasteiger partial charge on any atom is -0.240 e. The van der Waals surface area contributed by atoms with E-state index in [1.807, 2.05) is 0 Å². The maximum absolute atomic E-state index is 4.74. The standard InChI is InChI=1S/C20H24N2S/c1-5-13(3)14(4)15-7-9-16(10-8-15)19-22-18-12-11-17(6-2)21-20(18)23-19/h7-14H,5-6H2,1-4H3. The summed E-state index contributed by atoms with van der Waals surface area (Å²) in [4.78, 5) is 10.5. The average Bonchev–Trinajstić information content (AvgIpc) is 3.03. The van der Waals surface area contributed by atoms with Crippen molar-refractivity contribution in [3.8, 4) is 10.6 Å². The van der Waals surface area contributed by atoms with E-state index in [2.05, 4.69) is 69.1 Å². The van der Waals surface area contributed by atoms with E-state index >= 15 is 0 Å². The average molecular weight is 324 g/mol. The predicted molar refractivity (Wildman–Crippen MR) is 100 cm³/mol. The third kappa shape index (κ3) is 3.30. The fraction of sp³-hybridized carbons (Fsp3) is 0.400. The number of hydrogen-bond donors (Lipinski definition) is 0. The largest absolute Gasteiger partial charge is 0.240 e. The maximum atomic E-state index is 4.74. The highest BCUT2D eigenvalue weighted by Crippen LogP contribution is 2.32. The van der Waals surface area contributed by atoms with Crippen molar-refractivity contribution in [2.24, 2.45) is 5.92 Å². The number of hydrogen-bond acceptors (Lipinski definition) is 3. The number of thiazole rings is 1. The zero-order valence-corrected chi connectivity index (χ0v) is 15.2. The lowest BCUT2D eigenvalue weighted by Crippen LogP contribution is -2.04. The zero-order valence-electron chi connectivity index (χ0n) is 14.3. The van der Waals surface area contributed by atoms with E-state index in [9.17, 15) is 0 Å². The van der Waals surface area contributed by atoms with E-state index in [4.69, 9.17) is 4.98 Å². The second-order valence-electron chi connectivity index (χ2n) is 6.30. The first kappa shape index (κ1) is 16.1. The first-order chi connectivity index (χ1) is 11.1. The topological polar surface area (TPSA) is 25.8 Å². The van der Waals surface area contributed by atoms with Crippen LogP contribution in [0, 0.1) is 5.92 Å². The summed E-state index contributed by atoms with van der Waals surface area (Å²) in [5.41, 5.74) is 4.73. The first-order valence-electron chi connectivity index (χ1n) is 8.49. The molecule has 2 aromatic heterocycles. The zero-order chi connectivity index (χ0) is 16.4. The van der Waals surface area contributed by atoms with Crippen LogP contribution in [-0.2, 0) is 6.42 Å². The van der Waals surface area contributed by atoms with Gasteiger partial charge in [0, 0.05) is 11.3 Å². The molecule has 2 unspecified atom stereocenters. The highest BCUT2D eigenvalue weighted by atomic mass is 32.1. The van der Waals surface area contributed by atoms with Crippen molar-refractivity contribution in [1.29, 1.82) is 0 Å². The van der Waals surface area contributed by atoms with Gasteiger partial charge in [-0.15, -0.1) is 0 Å². The minimum absolute atomic E-state index is 0.596. The summed E-state index contributed by atoms with van der Waals surface area (Å²) in [6.07, 6.45) is 2.18. The molecule has 0 fully saturated rings. The van der Waals surface area contributed by atoms with Crippen LogP contribution in [0.5, 0.6) is 0 Å². The smallest absolute Gasteiger partial charge is 0.144 e. The highest BCUT2D eigenvalue weighted by Gasteiger charge is 2.13. The SMILES string of the molecule is CCc1ccc2nc(-c3ccc(C(C)C(C)CC)cc3)sc2n1. The van der Waals surface area contributed by atoms with Crippen molar-refractivity contribution in [2.75, 3.05) is 0 Å². The van der Waals surface area contributed by atoms with Crippen molar-refractivity contribution in [3.05, 3.63) is 47.7 Å². The van der Waals surface area contributed by atoms with Crippen LogP contribution in [0.3, 0.4) is 0 Å². The number of aryl methyl sites for hydroxylation is 1. The Kier molecular flexibility index (Phi) is 4.76. The van der Waals surface area contributed by atoms with Crippen LogP contribution < -0.4 is 0 Å². The Morgan fingerprint density at radius 2 is 1.70 bits per heavy atom. The van der Waals surface area contributed by atoms with Crippen LogP contribution in [0.1, 0.15) is 51.3 Å². The molecule has 0 aliphatic rings. The van der Waals surface area contributed by atoms with Crippen LogP contribution in [0.15, 0.2) is 36.4 Å². The lowest BCUT2D eigenvalue weighted by atomic mass is 9.87. The molecule has 120 valence electrons.